The van der Waals surface area contributed by atoms with Crippen LogP contribution in [0.5, 0.6) is 0 Å². The average Bonchev–Trinajstić information content (AvgIpc) is 2.78. The number of sulfone groups is 1. The SMILES string of the molecule is CS(=O)(=O)CCC(=O)Nc1ccc2c(c1)N(S(C)(=O)=O)CC2. The molecule has 1 amide bonds. The van der Waals surface area contributed by atoms with E-state index < -0.39 is 25.8 Å². The fourth-order valence-electron chi connectivity index (χ4n) is 2.27. The number of carbonyl (C=O) groups excluding carboxylic acids is 1. The predicted octanol–water partition coefficient (Wildman–Crippen LogP) is 0.382. The predicted molar refractivity (Wildman–Crippen MR) is 85.3 cm³/mol. The van der Waals surface area contributed by atoms with Crippen LogP contribution < -0.4 is 9.62 Å². The van der Waals surface area contributed by atoms with Crippen LogP contribution in [0.25, 0.3) is 0 Å². The third kappa shape index (κ3) is 4.20. The number of nitrogens with zero attached hydrogens (tertiary/aromatic N) is 1. The van der Waals surface area contributed by atoms with E-state index in [1.54, 1.807) is 18.2 Å². The number of hydrogen-bond donors (Lipinski definition) is 1. The van der Waals surface area contributed by atoms with Gasteiger partial charge in [0.2, 0.25) is 15.9 Å². The van der Waals surface area contributed by atoms with Gasteiger partial charge in [-0.25, -0.2) is 16.8 Å². The fraction of sp³-hybridized carbons (Fsp3) is 0.462. The summed E-state index contributed by atoms with van der Waals surface area (Å²) in [4.78, 5) is 11.7. The van der Waals surface area contributed by atoms with Gasteiger partial charge in [0.05, 0.1) is 17.7 Å². The van der Waals surface area contributed by atoms with E-state index in [2.05, 4.69) is 5.32 Å². The number of nitrogens with one attached hydrogen (secondary N) is 1. The molecular weight excluding hydrogens is 328 g/mol. The van der Waals surface area contributed by atoms with Crippen molar-refractivity contribution in [1.82, 2.24) is 0 Å². The van der Waals surface area contributed by atoms with Crippen molar-refractivity contribution in [3.8, 4) is 0 Å². The Labute approximate surface area is 130 Å². The molecule has 9 heteroatoms. The van der Waals surface area contributed by atoms with Crippen molar-refractivity contribution in [2.24, 2.45) is 0 Å². The Morgan fingerprint density at radius 1 is 1.23 bits per heavy atom. The Bertz CT molecular complexity index is 800. The van der Waals surface area contributed by atoms with Gasteiger partial charge in [0, 0.05) is 24.9 Å². The third-order valence-corrected chi connectivity index (χ3v) is 5.45. The summed E-state index contributed by atoms with van der Waals surface area (Å²) >= 11 is 0. The molecule has 0 spiro atoms. The molecule has 22 heavy (non-hydrogen) atoms. The van der Waals surface area contributed by atoms with E-state index in [-0.39, 0.29) is 12.2 Å². The van der Waals surface area contributed by atoms with Crippen molar-refractivity contribution in [1.29, 1.82) is 0 Å². The van der Waals surface area contributed by atoms with E-state index in [9.17, 15) is 21.6 Å². The molecule has 1 aromatic rings. The summed E-state index contributed by atoms with van der Waals surface area (Å²) in [5.41, 5.74) is 1.91. The minimum absolute atomic E-state index is 0.133. The van der Waals surface area contributed by atoms with Crippen LogP contribution in [0.3, 0.4) is 0 Å². The molecular formula is C13H18N2O5S2. The smallest absolute Gasteiger partial charge is 0.232 e. The quantitative estimate of drug-likeness (QED) is 0.831. The van der Waals surface area contributed by atoms with Gasteiger partial charge in [-0.1, -0.05) is 6.07 Å². The van der Waals surface area contributed by atoms with Gasteiger partial charge in [-0.2, -0.15) is 0 Å². The molecule has 0 bridgehead atoms. The van der Waals surface area contributed by atoms with Gasteiger partial charge in [0.1, 0.15) is 9.84 Å². The summed E-state index contributed by atoms with van der Waals surface area (Å²) in [5, 5.41) is 2.59. The highest BCUT2D eigenvalue weighted by Gasteiger charge is 2.26. The lowest BCUT2D eigenvalue weighted by molar-refractivity contribution is -0.115. The Hall–Kier alpha value is -1.61. The van der Waals surface area contributed by atoms with Crippen molar-refractivity contribution in [2.75, 3.05) is 34.4 Å². The lowest BCUT2D eigenvalue weighted by Gasteiger charge is -2.17. The molecule has 0 radical (unpaired) electrons. The normalized spacial score (nSPS) is 14.7. The van der Waals surface area contributed by atoms with Gasteiger partial charge < -0.3 is 5.32 Å². The number of anilines is 2. The minimum atomic E-state index is -3.35. The molecule has 0 unspecified atom stereocenters. The molecule has 2 rings (SSSR count). The van der Waals surface area contributed by atoms with Crippen LogP contribution >= 0.6 is 0 Å². The van der Waals surface area contributed by atoms with Crippen LogP contribution in [0, 0.1) is 0 Å². The lowest BCUT2D eigenvalue weighted by atomic mass is 10.1. The van der Waals surface area contributed by atoms with E-state index in [0.717, 1.165) is 18.1 Å². The molecule has 1 aromatic carbocycles. The summed E-state index contributed by atoms with van der Waals surface area (Å²) in [5.74, 6) is -0.645. The first-order valence-corrected chi connectivity index (χ1v) is 10.6. The largest absolute Gasteiger partial charge is 0.326 e. The number of rotatable bonds is 5. The molecule has 0 aliphatic carbocycles. The standard InChI is InChI=1S/C13H18N2O5S2/c1-21(17,18)8-6-13(16)14-11-4-3-10-5-7-15(12(10)9-11)22(2,19)20/h3-4,9H,5-8H2,1-2H3,(H,14,16). The molecule has 0 aromatic heterocycles. The zero-order valence-corrected chi connectivity index (χ0v) is 14.0. The zero-order valence-electron chi connectivity index (χ0n) is 12.4. The summed E-state index contributed by atoms with van der Waals surface area (Å²) in [6.07, 6.45) is 2.70. The van der Waals surface area contributed by atoms with Gasteiger partial charge >= 0.3 is 0 Å². The van der Waals surface area contributed by atoms with Crippen LogP contribution in [0.1, 0.15) is 12.0 Å². The van der Waals surface area contributed by atoms with Gasteiger partial charge in [-0.05, 0) is 24.1 Å². The highest BCUT2D eigenvalue weighted by molar-refractivity contribution is 7.92. The van der Waals surface area contributed by atoms with Crippen molar-refractivity contribution < 1.29 is 21.6 Å². The zero-order chi connectivity index (χ0) is 16.5. The molecule has 0 saturated carbocycles. The Balaban J connectivity index is 2.13. The second kappa shape index (κ2) is 5.88. The van der Waals surface area contributed by atoms with Crippen LogP contribution in [-0.4, -0.2) is 47.6 Å². The number of fused-ring (bicyclic) bond motifs is 1. The van der Waals surface area contributed by atoms with Gasteiger partial charge in [-0.3, -0.25) is 9.10 Å². The van der Waals surface area contributed by atoms with Gasteiger partial charge in [0.15, 0.2) is 0 Å². The van der Waals surface area contributed by atoms with Crippen molar-refractivity contribution >= 4 is 37.1 Å². The van der Waals surface area contributed by atoms with Gasteiger partial charge in [0.25, 0.3) is 0 Å². The topological polar surface area (TPSA) is 101 Å². The molecule has 0 saturated heterocycles. The van der Waals surface area contributed by atoms with Crippen molar-refractivity contribution in [2.45, 2.75) is 12.8 Å². The van der Waals surface area contributed by atoms with E-state index >= 15 is 0 Å². The van der Waals surface area contributed by atoms with Crippen molar-refractivity contribution in [3.05, 3.63) is 23.8 Å². The molecule has 0 atom stereocenters. The average molecular weight is 346 g/mol. The Morgan fingerprint density at radius 2 is 1.91 bits per heavy atom. The van der Waals surface area contributed by atoms with Gasteiger partial charge in [-0.15, -0.1) is 0 Å². The molecule has 0 fully saturated rings. The number of amides is 1. The Kier molecular flexibility index (Phi) is 4.48. The monoisotopic (exact) mass is 346 g/mol. The lowest BCUT2D eigenvalue weighted by Crippen LogP contribution is -2.27. The second-order valence-corrected chi connectivity index (χ2v) is 9.52. The molecule has 1 aliphatic heterocycles. The summed E-state index contributed by atoms with van der Waals surface area (Å²) in [6, 6.07) is 5.05. The molecule has 7 nitrogen and oxygen atoms in total. The number of benzene rings is 1. The molecule has 1 N–H and O–H groups in total. The second-order valence-electron chi connectivity index (χ2n) is 5.36. The maximum absolute atomic E-state index is 11.7. The number of hydrogen-bond acceptors (Lipinski definition) is 5. The van der Waals surface area contributed by atoms with Crippen LogP contribution in [0.2, 0.25) is 0 Å². The van der Waals surface area contributed by atoms with E-state index in [4.69, 9.17) is 0 Å². The highest BCUT2D eigenvalue weighted by Crippen LogP contribution is 2.32. The third-order valence-electron chi connectivity index (χ3n) is 3.32. The fourth-order valence-corrected chi connectivity index (χ4v) is 3.78. The highest BCUT2D eigenvalue weighted by atomic mass is 32.2. The van der Waals surface area contributed by atoms with Crippen LogP contribution in [0.4, 0.5) is 11.4 Å². The summed E-state index contributed by atoms with van der Waals surface area (Å²) in [6.45, 7) is 0.389. The molecule has 1 heterocycles. The van der Waals surface area contributed by atoms with Crippen LogP contribution in [-0.2, 0) is 31.1 Å². The first-order valence-electron chi connectivity index (χ1n) is 6.64. The number of sulfonamides is 1. The van der Waals surface area contributed by atoms with E-state index in [1.165, 1.54) is 4.31 Å². The summed E-state index contributed by atoms with van der Waals surface area (Å²) in [7, 11) is -6.55. The molecule has 1 aliphatic rings. The first-order chi connectivity index (χ1) is 10.1. The van der Waals surface area contributed by atoms with E-state index in [0.29, 0.717) is 24.3 Å². The molecule has 122 valence electrons. The minimum Gasteiger partial charge on any atom is -0.326 e. The summed E-state index contributed by atoms with van der Waals surface area (Å²) < 4.78 is 46.8. The maximum Gasteiger partial charge on any atom is 0.232 e. The Morgan fingerprint density at radius 3 is 2.50 bits per heavy atom. The van der Waals surface area contributed by atoms with Crippen molar-refractivity contribution in [3.63, 3.8) is 0 Å². The first kappa shape index (κ1) is 16.8. The maximum atomic E-state index is 11.7. The van der Waals surface area contributed by atoms with Crippen LogP contribution in [0.15, 0.2) is 18.2 Å². The number of carbonyl (C=O) groups is 1. The van der Waals surface area contributed by atoms with E-state index in [1.807, 2.05) is 0 Å².